The maximum atomic E-state index is 12.2. The predicted molar refractivity (Wildman–Crippen MR) is 215 cm³/mol. The highest BCUT2D eigenvalue weighted by Crippen LogP contribution is 2.15. The van der Waals surface area contributed by atoms with Crippen molar-refractivity contribution < 1.29 is 29.0 Å². The van der Waals surface area contributed by atoms with Crippen LogP contribution in [0.5, 0.6) is 0 Å². The Bertz CT molecular complexity index is 931. The van der Waals surface area contributed by atoms with Crippen LogP contribution in [0.15, 0.2) is 48.6 Å². The molecule has 0 saturated heterocycles. The molecule has 0 amide bonds. The molecule has 0 rings (SSSR count). The Labute approximate surface area is 314 Å². The van der Waals surface area contributed by atoms with Crippen LogP contribution < -0.4 is 0 Å². The molecule has 1 atom stereocenters. The largest absolute Gasteiger partial charge is 0.462 e. The monoisotopic (exact) mass is 715 g/mol. The van der Waals surface area contributed by atoms with Crippen molar-refractivity contribution in [3.05, 3.63) is 48.6 Å². The Morgan fingerprint density at radius 3 is 1.67 bits per heavy atom. The van der Waals surface area contributed by atoms with E-state index in [0.29, 0.717) is 12.8 Å². The quantitative estimate of drug-likeness (QED) is 0.0226. The molecule has 0 spiro atoms. The highest BCUT2D eigenvalue weighted by molar-refractivity contribution is 5.90. The number of hydrogen-bond acceptors (Lipinski definition) is 6. The molecule has 0 bridgehead atoms. The van der Waals surface area contributed by atoms with Gasteiger partial charge in [-0.25, -0.2) is 0 Å². The van der Waals surface area contributed by atoms with Crippen molar-refractivity contribution in [2.45, 2.75) is 200 Å². The molecule has 0 heterocycles. The van der Waals surface area contributed by atoms with E-state index in [4.69, 9.17) is 9.47 Å². The van der Waals surface area contributed by atoms with Gasteiger partial charge in [-0.2, -0.15) is 0 Å². The maximum absolute atomic E-state index is 12.2. The van der Waals surface area contributed by atoms with Crippen LogP contribution >= 0.6 is 0 Å². The smallest absolute Gasteiger partial charge is 0.306 e. The number of aliphatic hydroxyl groups excluding tert-OH is 1. The lowest BCUT2D eigenvalue weighted by Gasteiger charge is -2.15. The van der Waals surface area contributed by atoms with Gasteiger partial charge in [-0.3, -0.25) is 14.4 Å². The Balaban J connectivity index is 3.70. The predicted octanol–water partition coefficient (Wildman–Crippen LogP) is 12.4. The Morgan fingerprint density at radius 2 is 1.10 bits per heavy atom. The van der Waals surface area contributed by atoms with E-state index in [-0.39, 0.29) is 31.2 Å². The van der Waals surface area contributed by atoms with Crippen LogP contribution in [0, 0.1) is 5.92 Å². The molecule has 0 aliphatic rings. The van der Waals surface area contributed by atoms with E-state index in [1.54, 1.807) is 6.08 Å². The third-order valence-electron chi connectivity index (χ3n) is 9.03. The number of ether oxygens (including phenoxy) is 2. The van der Waals surface area contributed by atoms with Gasteiger partial charge >= 0.3 is 11.9 Å². The second-order valence-corrected chi connectivity index (χ2v) is 14.6. The fourth-order valence-corrected chi connectivity index (χ4v) is 5.81. The molecule has 51 heavy (non-hydrogen) atoms. The second-order valence-electron chi connectivity index (χ2n) is 14.6. The number of hydrogen-bond donors (Lipinski definition) is 1. The van der Waals surface area contributed by atoms with Gasteiger partial charge in [-0.1, -0.05) is 179 Å². The third-order valence-corrected chi connectivity index (χ3v) is 9.03. The number of carbonyl (C=O) groups excluding carboxylic acids is 3. The van der Waals surface area contributed by atoms with Crippen LogP contribution in [-0.4, -0.2) is 42.1 Å². The Kier molecular flexibility index (Phi) is 36.9. The van der Waals surface area contributed by atoms with Gasteiger partial charge in [0.25, 0.3) is 0 Å². The Morgan fingerprint density at radius 1 is 0.569 bits per heavy atom. The first-order chi connectivity index (χ1) is 24.9. The van der Waals surface area contributed by atoms with Gasteiger partial charge in [0.05, 0.1) is 6.61 Å². The van der Waals surface area contributed by atoms with Crippen LogP contribution in [0.4, 0.5) is 0 Å². The van der Waals surface area contributed by atoms with Crippen molar-refractivity contribution in [3.63, 3.8) is 0 Å². The minimum Gasteiger partial charge on any atom is -0.462 e. The van der Waals surface area contributed by atoms with Gasteiger partial charge in [0, 0.05) is 19.3 Å². The zero-order chi connectivity index (χ0) is 37.5. The van der Waals surface area contributed by atoms with Crippen molar-refractivity contribution in [2.24, 2.45) is 5.92 Å². The van der Waals surface area contributed by atoms with E-state index >= 15 is 0 Å². The highest BCUT2D eigenvalue weighted by atomic mass is 16.6. The number of aliphatic hydroxyl groups is 1. The van der Waals surface area contributed by atoms with Crippen molar-refractivity contribution in [1.82, 2.24) is 0 Å². The van der Waals surface area contributed by atoms with Gasteiger partial charge < -0.3 is 14.6 Å². The molecule has 0 radical (unpaired) electrons. The third kappa shape index (κ3) is 38.6. The molecule has 0 unspecified atom stereocenters. The highest BCUT2D eigenvalue weighted by Gasteiger charge is 2.16. The molecule has 0 aromatic rings. The number of carbonyl (C=O) groups is 3. The first-order valence-corrected chi connectivity index (χ1v) is 21.0. The number of ketones is 1. The lowest BCUT2D eigenvalue weighted by molar-refractivity contribution is -0.161. The molecular formula is C45H78O6. The normalized spacial score (nSPS) is 12.6. The summed E-state index contributed by atoms with van der Waals surface area (Å²) in [7, 11) is 0. The second kappa shape index (κ2) is 38.8. The molecular weight excluding hydrogens is 636 g/mol. The average Bonchev–Trinajstić information content (AvgIpc) is 3.11. The molecule has 0 aliphatic carbocycles. The summed E-state index contributed by atoms with van der Waals surface area (Å²) in [5, 5.41) is 9.56. The number of esters is 2. The van der Waals surface area contributed by atoms with E-state index in [2.05, 4.69) is 45.1 Å². The molecule has 0 saturated carbocycles. The molecule has 0 aromatic carbocycles. The molecule has 1 N–H and O–H groups in total. The van der Waals surface area contributed by atoms with Gasteiger partial charge in [-0.15, -0.1) is 0 Å². The van der Waals surface area contributed by atoms with Gasteiger partial charge in [0.1, 0.15) is 6.61 Å². The lowest BCUT2D eigenvalue weighted by Crippen LogP contribution is -2.28. The van der Waals surface area contributed by atoms with Crippen molar-refractivity contribution >= 4 is 17.7 Å². The first-order valence-electron chi connectivity index (χ1n) is 21.0. The SMILES string of the molecule is CCCCC/C=C\C/C=C\C/C=C\C=C\C(=O)CCCC(=O)OC[C@H](CO)OC(=O)CCCCCCCCCCCCCCCCCCC(C)C. The average molecular weight is 715 g/mol. The van der Waals surface area contributed by atoms with E-state index < -0.39 is 18.7 Å². The lowest BCUT2D eigenvalue weighted by atomic mass is 10.0. The summed E-state index contributed by atoms with van der Waals surface area (Å²) in [4.78, 5) is 36.3. The van der Waals surface area contributed by atoms with E-state index in [1.165, 1.54) is 115 Å². The van der Waals surface area contributed by atoms with Crippen molar-refractivity contribution in [2.75, 3.05) is 13.2 Å². The standard InChI is InChI=1S/C45H78O6/c1-4-5-6-7-8-9-10-15-19-22-25-28-31-35-42(47)36-33-38-44(48)50-40-43(39-46)51-45(49)37-32-29-26-23-20-17-14-12-11-13-16-18-21-24-27-30-34-41(2)3/h8-9,15,19,25,28,31,35,41,43,46H,4-7,10-14,16-18,20-24,26-27,29-30,32-34,36-40H2,1-3H3/b9-8-,19-15-,28-25-,35-31+/t43-/m0/s1. The summed E-state index contributed by atoms with van der Waals surface area (Å²) in [6.45, 7) is 6.26. The molecule has 294 valence electrons. The summed E-state index contributed by atoms with van der Waals surface area (Å²) >= 11 is 0. The van der Waals surface area contributed by atoms with Crippen LogP contribution in [0.25, 0.3) is 0 Å². The molecule has 0 aromatic heterocycles. The van der Waals surface area contributed by atoms with Crippen LogP contribution in [0.1, 0.15) is 194 Å². The zero-order valence-electron chi connectivity index (χ0n) is 33.3. The minimum absolute atomic E-state index is 0.0484. The first kappa shape index (κ1) is 48.5. The summed E-state index contributed by atoms with van der Waals surface area (Å²) in [5.74, 6) is -0.0420. The zero-order valence-corrected chi connectivity index (χ0v) is 33.3. The van der Waals surface area contributed by atoms with Gasteiger partial charge in [0.2, 0.25) is 0 Å². The molecule has 6 heteroatoms. The Hall–Kier alpha value is -2.47. The van der Waals surface area contributed by atoms with Crippen LogP contribution in [0.3, 0.4) is 0 Å². The number of rotatable bonds is 37. The summed E-state index contributed by atoms with van der Waals surface area (Å²) < 4.78 is 10.5. The number of unbranched alkanes of at least 4 members (excludes halogenated alkanes) is 18. The fraction of sp³-hybridized carbons (Fsp3) is 0.756. The minimum atomic E-state index is -0.862. The molecule has 6 nitrogen and oxygen atoms in total. The van der Waals surface area contributed by atoms with Crippen molar-refractivity contribution in [1.29, 1.82) is 0 Å². The van der Waals surface area contributed by atoms with E-state index in [9.17, 15) is 19.5 Å². The molecule has 0 fully saturated rings. The fourth-order valence-electron chi connectivity index (χ4n) is 5.81. The number of allylic oxidation sites excluding steroid dienone is 8. The summed E-state index contributed by atoms with van der Waals surface area (Å²) in [5.41, 5.74) is 0. The van der Waals surface area contributed by atoms with Crippen molar-refractivity contribution in [3.8, 4) is 0 Å². The van der Waals surface area contributed by atoms with E-state index in [1.807, 2.05) is 12.2 Å². The van der Waals surface area contributed by atoms with Crippen LogP contribution in [0.2, 0.25) is 0 Å². The van der Waals surface area contributed by atoms with Crippen LogP contribution in [-0.2, 0) is 23.9 Å². The topological polar surface area (TPSA) is 89.9 Å². The maximum Gasteiger partial charge on any atom is 0.306 e. The molecule has 0 aliphatic heterocycles. The van der Waals surface area contributed by atoms with Gasteiger partial charge in [-0.05, 0) is 50.5 Å². The van der Waals surface area contributed by atoms with Gasteiger partial charge in [0.15, 0.2) is 11.9 Å². The summed E-state index contributed by atoms with van der Waals surface area (Å²) in [6.07, 6.45) is 44.6. The van der Waals surface area contributed by atoms with E-state index in [0.717, 1.165) is 44.4 Å². The summed E-state index contributed by atoms with van der Waals surface area (Å²) in [6, 6.07) is 0.